The van der Waals surface area contributed by atoms with Crippen molar-refractivity contribution in [2.24, 2.45) is 5.84 Å². The summed E-state index contributed by atoms with van der Waals surface area (Å²) < 4.78 is 2.14. The van der Waals surface area contributed by atoms with E-state index in [9.17, 15) is 0 Å². The maximum atomic E-state index is 5.18. The topological polar surface area (TPSA) is 74.9 Å². The van der Waals surface area contributed by atoms with Gasteiger partial charge in [0, 0.05) is 14.1 Å². The molecule has 0 saturated carbocycles. The third-order valence-corrected chi connectivity index (χ3v) is 1.44. The van der Waals surface area contributed by atoms with Gasteiger partial charge in [-0.3, -0.25) is 5.43 Å². The molecule has 0 aliphatic carbocycles. The largest absolute Gasteiger partial charge is 0.314 e. The predicted molar refractivity (Wildman–Crippen MR) is 45.3 cm³/mol. The van der Waals surface area contributed by atoms with Crippen molar-refractivity contribution in [2.45, 2.75) is 0 Å². The molecular weight excluding hydrogens is 164 g/mol. The molecule has 0 spiro atoms. The molecule has 1 aromatic rings. The van der Waals surface area contributed by atoms with Crippen LogP contribution in [0.2, 0.25) is 0 Å². The number of nitrogen functional groups attached to an aromatic ring is 1. The van der Waals surface area contributed by atoms with Crippen molar-refractivity contribution >= 4 is 18.2 Å². The zero-order valence-electron chi connectivity index (χ0n) is 6.33. The zero-order valence-corrected chi connectivity index (χ0v) is 7.14. The second-order valence-electron chi connectivity index (χ2n) is 2.16. The number of hydrazine groups is 1. The maximum absolute atomic E-state index is 5.18. The van der Waals surface area contributed by atoms with E-state index in [-0.39, 0.29) is 0 Å². The minimum absolute atomic E-state index is 0.486. The monoisotopic (exact) mass is 174 g/mol. The highest BCUT2D eigenvalue weighted by Gasteiger charge is 2.03. The molecule has 0 bridgehead atoms. The van der Waals surface area contributed by atoms with E-state index in [1.54, 1.807) is 9.69 Å². The Hall–Kier alpha value is -1.08. The fourth-order valence-electron chi connectivity index (χ4n) is 0.756. The van der Waals surface area contributed by atoms with Crippen LogP contribution in [0.15, 0.2) is 0 Å². The predicted octanol–water partition coefficient (Wildman–Crippen LogP) is -0.576. The molecule has 6 nitrogen and oxygen atoms in total. The van der Waals surface area contributed by atoms with E-state index < -0.39 is 0 Å². The molecule has 0 atom stereocenters. The van der Waals surface area contributed by atoms with E-state index in [4.69, 9.17) is 18.1 Å². The van der Waals surface area contributed by atoms with Crippen molar-refractivity contribution in [3.05, 3.63) is 4.77 Å². The summed E-state index contributed by atoms with van der Waals surface area (Å²) in [4.78, 5) is 0. The number of nitrogens with one attached hydrogen (secondary N) is 2. The van der Waals surface area contributed by atoms with Crippen LogP contribution in [0.1, 0.15) is 0 Å². The van der Waals surface area contributed by atoms with E-state index in [0.717, 1.165) is 0 Å². The summed E-state index contributed by atoms with van der Waals surface area (Å²) >= 11 is 4.92. The van der Waals surface area contributed by atoms with Gasteiger partial charge in [-0.15, -0.1) is 5.10 Å². The Labute approximate surface area is 68.9 Å². The summed E-state index contributed by atoms with van der Waals surface area (Å²) in [6.07, 6.45) is 0. The first kappa shape index (κ1) is 8.02. The molecule has 0 aromatic carbocycles. The smallest absolute Gasteiger partial charge is 0.256 e. The average molecular weight is 174 g/mol. The first-order chi connectivity index (χ1) is 5.16. The van der Waals surface area contributed by atoms with Gasteiger partial charge in [-0.25, -0.2) is 10.9 Å². The van der Waals surface area contributed by atoms with Gasteiger partial charge in [0.05, 0.1) is 0 Å². The number of aromatic nitrogens is 3. The molecule has 1 aromatic heterocycles. The first-order valence-electron chi connectivity index (χ1n) is 2.98. The summed E-state index contributed by atoms with van der Waals surface area (Å²) in [6.45, 7) is 0. The van der Waals surface area contributed by atoms with Crippen molar-refractivity contribution in [1.29, 1.82) is 0 Å². The summed E-state index contributed by atoms with van der Waals surface area (Å²) in [5, 5.41) is 8.19. The fraction of sp³-hybridized carbons (Fsp3) is 0.500. The number of H-pyrrole nitrogens is 1. The average Bonchev–Trinajstić information content (AvgIpc) is 2.30. The molecular formula is C4H10N6S. The Morgan fingerprint density at radius 3 is 2.73 bits per heavy atom. The molecule has 11 heavy (non-hydrogen) atoms. The highest BCUT2D eigenvalue weighted by atomic mass is 32.1. The first-order valence-corrected chi connectivity index (χ1v) is 3.39. The molecule has 62 valence electrons. The summed E-state index contributed by atoms with van der Waals surface area (Å²) in [6, 6.07) is 0. The number of hydrogen-bond donors (Lipinski definition) is 3. The maximum Gasteiger partial charge on any atom is 0.256 e. The quantitative estimate of drug-likeness (QED) is 0.318. The summed E-state index contributed by atoms with van der Waals surface area (Å²) in [5.41, 5.74) is 2.41. The van der Waals surface area contributed by atoms with Crippen LogP contribution in [0.3, 0.4) is 0 Å². The van der Waals surface area contributed by atoms with Crippen LogP contribution in [0.4, 0.5) is 5.95 Å². The molecule has 1 rings (SSSR count). The Morgan fingerprint density at radius 2 is 2.36 bits per heavy atom. The number of rotatable bonds is 2. The van der Waals surface area contributed by atoms with Crippen molar-refractivity contribution < 1.29 is 0 Å². The standard InChI is InChI=1S/C4H10N6S/c1-9(2)10-3(6-5)7-8-4(10)11/h5H2,1-2H3,(H,6,7)(H,8,11). The lowest BCUT2D eigenvalue weighted by Gasteiger charge is -2.14. The number of nitrogens with zero attached hydrogens (tertiary/aromatic N) is 3. The number of aromatic amines is 1. The molecule has 0 amide bonds. The van der Waals surface area contributed by atoms with Gasteiger partial charge < -0.3 is 5.01 Å². The number of anilines is 1. The van der Waals surface area contributed by atoms with Gasteiger partial charge in [-0.1, -0.05) is 0 Å². The number of hydrogen-bond acceptors (Lipinski definition) is 5. The van der Waals surface area contributed by atoms with E-state index >= 15 is 0 Å². The SMILES string of the molecule is CN(C)n1c(NN)n[nH]c1=S. The van der Waals surface area contributed by atoms with Crippen LogP contribution in [-0.2, 0) is 0 Å². The molecule has 4 N–H and O–H groups in total. The Morgan fingerprint density at radius 1 is 1.73 bits per heavy atom. The third-order valence-electron chi connectivity index (χ3n) is 1.18. The van der Waals surface area contributed by atoms with Crippen LogP contribution in [0, 0.1) is 4.77 Å². The third kappa shape index (κ3) is 1.33. The Kier molecular flexibility index (Phi) is 2.11. The van der Waals surface area contributed by atoms with Gasteiger partial charge in [0.2, 0.25) is 4.77 Å². The van der Waals surface area contributed by atoms with Gasteiger partial charge in [-0.2, -0.15) is 4.68 Å². The van der Waals surface area contributed by atoms with Crippen LogP contribution >= 0.6 is 12.2 Å². The van der Waals surface area contributed by atoms with E-state index in [1.807, 2.05) is 14.1 Å². The lowest BCUT2D eigenvalue weighted by molar-refractivity contribution is 0.722. The van der Waals surface area contributed by atoms with Crippen LogP contribution < -0.4 is 16.3 Å². The molecule has 7 heteroatoms. The number of nitrogens with two attached hydrogens (primary N) is 1. The highest BCUT2D eigenvalue weighted by Crippen LogP contribution is 1.99. The van der Waals surface area contributed by atoms with Gasteiger partial charge in [-0.05, 0) is 12.2 Å². The van der Waals surface area contributed by atoms with Crippen LogP contribution in [0.5, 0.6) is 0 Å². The second kappa shape index (κ2) is 2.89. The fourth-order valence-corrected chi connectivity index (χ4v) is 1.05. The molecule has 0 fully saturated rings. The van der Waals surface area contributed by atoms with E-state index in [1.165, 1.54) is 0 Å². The van der Waals surface area contributed by atoms with Crippen molar-refractivity contribution in [2.75, 3.05) is 24.5 Å². The molecule has 0 unspecified atom stereocenters. The van der Waals surface area contributed by atoms with Crippen molar-refractivity contribution in [1.82, 2.24) is 14.9 Å². The minimum Gasteiger partial charge on any atom is -0.314 e. The molecule has 0 aliphatic rings. The van der Waals surface area contributed by atoms with Crippen molar-refractivity contribution in [3.8, 4) is 0 Å². The lowest BCUT2D eigenvalue weighted by atomic mass is 11.0. The normalized spacial score (nSPS) is 9.73. The summed E-state index contributed by atoms with van der Waals surface area (Å²) in [7, 11) is 3.68. The van der Waals surface area contributed by atoms with E-state index in [0.29, 0.717) is 10.7 Å². The highest BCUT2D eigenvalue weighted by molar-refractivity contribution is 7.71. The zero-order chi connectivity index (χ0) is 8.43. The Bertz CT molecular complexity index is 285. The van der Waals surface area contributed by atoms with Crippen LogP contribution in [0.25, 0.3) is 0 Å². The van der Waals surface area contributed by atoms with Crippen molar-refractivity contribution in [3.63, 3.8) is 0 Å². The van der Waals surface area contributed by atoms with Gasteiger partial charge >= 0.3 is 0 Å². The minimum atomic E-state index is 0.486. The van der Waals surface area contributed by atoms with Gasteiger partial charge in [0.15, 0.2) is 0 Å². The lowest BCUT2D eigenvalue weighted by Crippen LogP contribution is -2.28. The van der Waals surface area contributed by atoms with Crippen LogP contribution in [-0.4, -0.2) is 29.0 Å². The van der Waals surface area contributed by atoms with Gasteiger partial charge in [0.1, 0.15) is 0 Å². The summed E-state index contributed by atoms with van der Waals surface area (Å²) in [5.74, 6) is 5.66. The molecule has 0 aliphatic heterocycles. The van der Waals surface area contributed by atoms with Gasteiger partial charge in [0.25, 0.3) is 5.95 Å². The second-order valence-corrected chi connectivity index (χ2v) is 2.54. The molecule has 0 saturated heterocycles. The molecule has 1 heterocycles. The molecule has 0 radical (unpaired) electrons. The Balaban J connectivity index is 3.18. The van der Waals surface area contributed by atoms with E-state index in [2.05, 4.69) is 15.6 Å².